The topological polar surface area (TPSA) is 52.7 Å². The number of nitrogens with zero attached hydrogens (tertiary/aromatic N) is 2. The maximum atomic E-state index is 11.7. The van der Waals surface area contributed by atoms with Crippen LogP contribution in [0.25, 0.3) is 0 Å². The average Bonchev–Trinajstić information content (AvgIpc) is 2.95. The van der Waals surface area contributed by atoms with Crippen LogP contribution in [-0.4, -0.2) is 54.5 Å². The molecule has 3 amide bonds. The molecule has 0 aromatic carbocycles. The van der Waals surface area contributed by atoms with E-state index in [0.717, 1.165) is 51.9 Å². The second-order valence-corrected chi connectivity index (χ2v) is 4.44. The first-order chi connectivity index (χ1) is 7.77. The summed E-state index contributed by atoms with van der Waals surface area (Å²) in [6, 6.07) is -0.0925. The molecule has 0 spiro atoms. The smallest absolute Gasteiger partial charge is 0.317 e. The molecule has 2 rings (SSSR count). The zero-order chi connectivity index (χ0) is 11.4. The van der Waals surface area contributed by atoms with Crippen molar-refractivity contribution >= 4 is 11.9 Å². The number of nitrogens with one attached hydrogen (secondary N) is 1. The lowest BCUT2D eigenvalue weighted by atomic mass is 10.4. The highest BCUT2D eigenvalue weighted by molar-refractivity contribution is 5.84. The van der Waals surface area contributed by atoms with E-state index in [0.29, 0.717) is 0 Å². The van der Waals surface area contributed by atoms with E-state index in [9.17, 15) is 9.59 Å². The molecular formula is C11H19N3O2. The van der Waals surface area contributed by atoms with Gasteiger partial charge in [0.2, 0.25) is 5.91 Å². The van der Waals surface area contributed by atoms with Gasteiger partial charge in [0, 0.05) is 26.2 Å². The molecule has 16 heavy (non-hydrogen) atoms. The zero-order valence-electron chi connectivity index (χ0n) is 9.57. The molecule has 0 bridgehead atoms. The summed E-state index contributed by atoms with van der Waals surface area (Å²) in [5.74, 6) is 0.0463. The molecule has 2 heterocycles. The number of likely N-dealkylation sites (tertiary alicyclic amines) is 2. The molecule has 0 atom stereocenters. The van der Waals surface area contributed by atoms with Crippen LogP contribution in [0, 0.1) is 0 Å². The Balaban J connectivity index is 1.69. The van der Waals surface area contributed by atoms with Crippen molar-refractivity contribution in [1.82, 2.24) is 15.1 Å². The minimum atomic E-state index is -0.0925. The lowest BCUT2D eigenvalue weighted by molar-refractivity contribution is -0.129. The first-order valence-corrected chi connectivity index (χ1v) is 6.08. The molecule has 5 nitrogen and oxygen atoms in total. The van der Waals surface area contributed by atoms with E-state index < -0.39 is 0 Å². The summed E-state index contributed by atoms with van der Waals surface area (Å²) in [4.78, 5) is 26.9. The van der Waals surface area contributed by atoms with Gasteiger partial charge < -0.3 is 15.1 Å². The summed E-state index contributed by atoms with van der Waals surface area (Å²) in [5, 5.41) is 2.70. The third-order valence-corrected chi connectivity index (χ3v) is 3.24. The predicted molar refractivity (Wildman–Crippen MR) is 60.0 cm³/mol. The highest BCUT2D eigenvalue weighted by atomic mass is 16.2. The van der Waals surface area contributed by atoms with Crippen LogP contribution >= 0.6 is 0 Å². The lowest BCUT2D eigenvalue weighted by Gasteiger charge is -2.18. The van der Waals surface area contributed by atoms with Gasteiger partial charge in [-0.3, -0.25) is 4.79 Å². The number of carbonyl (C=O) groups is 2. The molecule has 0 saturated carbocycles. The van der Waals surface area contributed by atoms with Crippen molar-refractivity contribution in [2.24, 2.45) is 0 Å². The molecule has 0 unspecified atom stereocenters. The van der Waals surface area contributed by atoms with Crippen LogP contribution in [-0.2, 0) is 4.79 Å². The monoisotopic (exact) mass is 225 g/mol. The van der Waals surface area contributed by atoms with Gasteiger partial charge in [0.05, 0.1) is 6.54 Å². The van der Waals surface area contributed by atoms with Gasteiger partial charge in [-0.15, -0.1) is 0 Å². The number of hydrogen-bond acceptors (Lipinski definition) is 2. The van der Waals surface area contributed by atoms with Crippen LogP contribution in [0.15, 0.2) is 0 Å². The first kappa shape index (κ1) is 11.2. The van der Waals surface area contributed by atoms with E-state index >= 15 is 0 Å². The molecular weight excluding hydrogens is 206 g/mol. The van der Waals surface area contributed by atoms with E-state index in [-0.39, 0.29) is 18.5 Å². The van der Waals surface area contributed by atoms with Crippen molar-refractivity contribution in [2.45, 2.75) is 25.7 Å². The number of amides is 3. The van der Waals surface area contributed by atoms with Gasteiger partial charge >= 0.3 is 6.03 Å². The number of rotatable bonds is 2. The fourth-order valence-electron chi connectivity index (χ4n) is 2.26. The molecule has 90 valence electrons. The van der Waals surface area contributed by atoms with E-state index in [4.69, 9.17) is 0 Å². The average molecular weight is 225 g/mol. The summed E-state index contributed by atoms with van der Waals surface area (Å²) in [6.45, 7) is 3.49. The number of urea groups is 1. The zero-order valence-corrected chi connectivity index (χ0v) is 9.57. The van der Waals surface area contributed by atoms with Crippen molar-refractivity contribution in [2.75, 3.05) is 32.7 Å². The van der Waals surface area contributed by atoms with Crippen LogP contribution in [0.2, 0.25) is 0 Å². The summed E-state index contributed by atoms with van der Waals surface area (Å²) in [5.41, 5.74) is 0. The highest BCUT2D eigenvalue weighted by Gasteiger charge is 2.21. The normalized spacial score (nSPS) is 20.2. The van der Waals surface area contributed by atoms with Crippen molar-refractivity contribution in [3.05, 3.63) is 0 Å². The fourth-order valence-corrected chi connectivity index (χ4v) is 2.26. The van der Waals surface area contributed by atoms with Crippen LogP contribution in [0.1, 0.15) is 25.7 Å². The van der Waals surface area contributed by atoms with Gasteiger partial charge in [0.25, 0.3) is 0 Å². The molecule has 2 aliphatic heterocycles. The minimum absolute atomic E-state index is 0.0463. The first-order valence-electron chi connectivity index (χ1n) is 6.08. The van der Waals surface area contributed by atoms with Crippen molar-refractivity contribution in [3.63, 3.8) is 0 Å². The maximum absolute atomic E-state index is 11.7. The Morgan fingerprint density at radius 3 is 1.94 bits per heavy atom. The fraction of sp³-hybridized carbons (Fsp3) is 0.818. The molecule has 5 heteroatoms. The Bertz CT molecular complexity index is 240. The highest BCUT2D eigenvalue weighted by Crippen LogP contribution is 2.08. The standard InChI is InChI=1S/C11H19N3O2/c15-10(13-5-1-2-6-13)9-12-11(16)14-7-3-4-8-14/h1-9H2,(H,12,16). The second kappa shape index (κ2) is 5.18. The Kier molecular flexibility index (Phi) is 3.64. The van der Waals surface area contributed by atoms with Crippen LogP contribution in [0.4, 0.5) is 4.79 Å². The molecule has 0 aromatic heterocycles. The minimum Gasteiger partial charge on any atom is -0.341 e. The molecule has 0 radical (unpaired) electrons. The van der Waals surface area contributed by atoms with Gasteiger partial charge in [-0.05, 0) is 25.7 Å². The van der Waals surface area contributed by atoms with Gasteiger partial charge in [-0.1, -0.05) is 0 Å². The second-order valence-electron chi connectivity index (χ2n) is 4.44. The molecule has 0 aliphatic carbocycles. The Morgan fingerprint density at radius 2 is 1.38 bits per heavy atom. The molecule has 2 aliphatic rings. The molecule has 0 aromatic rings. The number of hydrogen-bond donors (Lipinski definition) is 1. The van der Waals surface area contributed by atoms with Crippen LogP contribution in [0.3, 0.4) is 0 Å². The molecule has 2 saturated heterocycles. The third kappa shape index (κ3) is 2.65. The van der Waals surface area contributed by atoms with E-state index in [1.54, 1.807) is 4.90 Å². The SMILES string of the molecule is O=C(CNC(=O)N1CCCC1)N1CCCC1. The third-order valence-electron chi connectivity index (χ3n) is 3.24. The van der Waals surface area contributed by atoms with E-state index in [2.05, 4.69) is 5.32 Å². The van der Waals surface area contributed by atoms with E-state index in [1.807, 2.05) is 4.90 Å². The summed E-state index contributed by atoms with van der Waals surface area (Å²) < 4.78 is 0. The lowest BCUT2D eigenvalue weighted by Crippen LogP contribution is -2.44. The predicted octanol–water partition coefficient (Wildman–Crippen LogP) is 0.414. The van der Waals surface area contributed by atoms with Crippen LogP contribution in [0.5, 0.6) is 0 Å². The molecule has 1 N–H and O–H groups in total. The van der Waals surface area contributed by atoms with Gasteiger partial charge in [0.15, 0.2) is 0 Å². The van der Waals surface area contributed by atoms with Crippen molar-refractivity contribution in [1.29, 1.82) is 0 Å². The van der Waals surface area contributed by atoms with Gasteiger partial charge in [-0.25, -0.2) is 4.79 Å². The summed E-state index contributed by atoms with van der Waals surface area (Å²) in [6.07, 6.45) is 4.33. The quantitative estimate of drug-likeness (QED) is 0.740. The maximum Gasteiger partial charge on any atom is 0.317 e. The van der Waals surface area contributed by atoms with Crippen molar-refractivity contribution < 1.29 is 9.59 Å². The Morgan fingerprint density at radius 1 is 0.875 bits per heavy atom. The summed E-state index contributed by atoms with van der Waals surface area (Å²) >= 11 is 0. The van der Waals surface area contributed by atoms with Crippen molar-refractivity contribution in [3.8, 4) is 0 Å². The van der Waals surface area contributed by atoms with E-state index in [1.165, 1.54) is 0 Å². The largest absolute Gasteiger partial charge is 0.341 e. The Labute approximate surface area is 95.8 Å². The molecule has 2 fully saturated rings. The summed E-state index contributed by atoms with van der Waals surface area (Å²) in [7, 11) is 0. The van der Waals surface area contributed by atoms with Gasteiger partial charge in [-0.2, -0.15) is 0 Å². The Hall–Kier alpha value is -1.26. The van der Waals surface area contributed by atoms with Gasteiger partial charge in [0.1, 0.15) is 0 Å². The number of carbonyl (C=O) groups excluding carboxylic acids is 2. The van der Waals surface area contributed by atoms with Crippen LogP contribution < -0.4 is 5.32 Å².